The van der Waals surface area contributed by atoms with E-state index in [1.54, 1.807) is 37.8 Å². The van der Waals surface area contributed by atoms with Gasteiger partial charge in [0.25, 0.3) is 17.6 Å². The summed E-state index contributed by atoms with van der Waals surface area (Å²) in [6.45, 7) is 16.1. The van der Waals surface area contributed by atoms with Gasteiger partial charge in [0.2, 0.25) is 0 Å². The molecular weight excluding hydrogens is 809 g/mol. The van der Waals surface area contributed by atoms with E-state index in [4.69, 9.17) is 37.3 Å². The summed E-state index contributed by atoms with van der Waals surface area (Å²) in [6.07, 6.45) is 0.668. The van der Waals surface area contributed by atoms with Crippen molar-refractivity contribution in [2.24, 2.45) is 0 Å². The first kappa shape index (κ1) is 42.3. The van der Waals surface area contributed by atoms with Crippen molar-refractivity contribution in [3.05, 3.63) is 34.4 Å². The first-order valence-corrected chi connectivity index (χ1v) is 17.3. The van der Waals surface area contributed by atoms with E-state index >= 15 is 0 Å². The van der Waals surface area contributed by atoms with Gasteiger partial charge in [-0.3, -0.25) is 9.59 Å². The third-order valence-electron chi connectivity index (χ3n) is 7.93. The smallest absolute Gasteiger partial charge is 0.410 e. The molecule has 16 nitrogen and oxygen atoms in total. The molecule has 1 aliphatic heterocycles. The summed E-state index contributed by atoms with van der Waals surface area (Å²) in [5.41, 5.74) is 11.7. The van der Waals surface area contributed by atoms with Gasteiger partial charge in [-0.2, -0.15) is 0 Å². The fraction of sp³-hybridized carbons (Fsp3) is 0.559. The van der Waals surface area contributed by atoms with Crippen LogP contribution in [0.5, 0.6) is 5.75 Å². The Kier molecular flexibility index (Phi) is 13.9. The fourth-order valence-electron chi connectivity index (χ4n) is 5.76. The molecule has 3 amide bonds. The van der Waals surface area contributed by atoms with E-state index in [9.17, 15) is 19.2 Å². The molecule has 4 rings (SSSR count). The number of imidazole rings is 1. The Morgan fingerprint density at radius 1 is 0.962 bits per heavy atom. The highest BCUT2D eigenvalue weighted by atomic mass is 127. The Morgan fingerprint density at radius 2 is 1.60 bits per heavy atom. The van der Waals surface area contributed by atoms with Gasteiger partial charge in [0.05, 0.1) is 18.7 Å². The van der Waals surface area contributed by atoms with Crippen molar-refractivity contribution in [2.75, 3.05) is 31.2 Å². The van der Waals surface area contributed by atoms with Gasteiger partial charge in [-0.05, 0) is 68.2 Å². The van der Waals surface area contributed by atoms with Crippen LogP contribution in [0.15, 0.2) is 12.1 Å². The zero-order chi connectivity index (χ0) is 37.8. The number of anilines is 2. The van der Waals surface area contributed by atoms with Crippen LogP contribution < -0.4 is 55.4 Å². The lowest BCUT2D eigenvalue weighted by molar-refractivity contribution is -0.676. The Balaban J connectivity index is 0.00000729. The summed E-state index contributed by atoms with van der Waals surface area (Å²) >= 11 is 5.99. The number of fused-ring (bicyclic) bond motifs is 1. The predicted octanol–water partition coefficient (Wildman–Crippen LogP) is 0.360. The van der Waals surface area contributed by atoms with Crippen molar-refractivity contribution in [2.45, 2.75) is 105 Å². The average Bonchev–Trinajstić information content (AvgIpc) is 3.33. The number of carbonyl (C=O) groups is 4. The summed E-state index contributed by atoms with van der Waals surface area (Å²) in [6, 6.07) is 3.21. The number of aromatic nitrogens is 4. The van der Waals surface area contributed by atoms with Gasteiger partial charge in [0.15, 0.2) is 40.1 Å². The number of hydrogen-bond donors (Lipinski definition) is 4. The monoisotopic (exact) mass is 857 g/mol. The molecule has 286 valence electrons. The topological polar surface area (TPSA) is 210 Å². The van der Waals surface area contributed by atoms with E-state index < -0.39 is 35.6 Å². The lowest BCUT2D eigenvalue weighted by Crippen LogP contribution is -3.00. The molecule has 0 aliphatic carbocycles. The van der Waals surface area contributed by atoms with Crippen LogP contribution in [-0.4, -0.2) is 80.3 Å². The molecule has 1 aromatic carbocycles. The molecule has 1 aliphatic rings. The number of carbonyl (C=O) groups excluding carboxylic acids is 4. The largest absolute Gasteiger partial charge is 1.00 e. The molecule has 1 saturated heterocycles. The fourth-order valence-corrected chi connectivity index (χ4v) is 5.89. The van der Waals surface area contributed by atoms with Crippen LogP contribution in [0, 0.1) is 0 Å². The van der Waals surface area contributed by atoms with Gasteiger partial charge in [-0.15, -0.1) is 0 Å². The van der Waals surface area contributed by atoms with Crippen molar-refractivity contribution in [3.8, 4) is 5.75 Å². The zero-order valence-electron chi connectivity index (χ0n) is 30.9. The number of nitrogens with two attached hydrogens (primary N) is 2. The molecule has 6 N–H and O–H groups in total. The van der Waals surface area contributed by atoms with E-state index in [0.717, 1.165) is 0 Å². The Hall–Kier alpha value is -4.13. The number of esters is 1. The summed E-state index contributed by atoms with van der Waals surface area (Å²) in [5.74, 6) is -0.946. The van der Waals surface area contributed by atoms with Crippen LogP contribution in [0.3, 0.4) is 0 Å². The van der Waals surface area contributed by atoms with Crippen LogP contribution in [0.2, 0.25) is 5.15 Å². The van der Waals surface area contributed by atoms with Crippen molar-refractivity contribution in [1.29, 1.82) is 0 Å². The second kappa shape index (κ2) is 17.1. The maximum absolute atomic E-state index is 13.9. The van der Waals surface area contributed by atoms with Crippen LogP contribution in [0.25, 0.3) is 11.0 Å². The summed E-state index contributed by atoms with van der Waals surface area (Å²) in [5, 5.41) is 5.78. The number of nitrogens with zero attached hydrogens (tertiary/aromatic N) is 5. The summed E-state index contributed by atoms with van der Waals surface area (Å²) in [4.78, 5) is 61.8. The third-order valence-corrected chi connectivity index (χ3v) is 8.21. The molecule has 18 heteroatoms. The van der Waals surface area contributed by atoms with E-state index in [0.29, 0.717) is 55.9 Å². The van der Waals surface area contributed by atoms with Crippen LogP contribution in [-0.2, 0) is 33.9 Å². The first-order valence-electron chi connectivity index (χ1n) is 16.9. The number of benzene rings is 1. The van der Waals surface area contributed by atoms with Crippen molar-refractivity contribution in [3.63, 3.8) is 0 Å². The van der Waals surface area contributed by atoms with Gasteiger partial charge in [0.1, 0.15) is 23.5 Å². The highest BCUT2D eigenvalue weighted by Crippen LogP contribution is 2.28. The number of nitrogens with one attached hydrogen (secondary N) is 2. The van der Waals surface area contributed by atoms with Crippen molar-refractivity contribution >= 4 is 58.1 Å². The second-order valence-electron chi connectivity index (χ2n) is 14.1. The molecule has 0 atom stereocenters. The van der Waals surface area contributed by atoms with Gasteiger partial charge in [-0.25, -0.2) is 28.7 Å². The minimum atomic E-state index is -0.727. The quantitative estimate of drug-likeness (QED) is 0.124. The standard InChI is InChI=1S/C34H48ClN9O7.HI/c1-9-43-21-15-20(30(46)39-19-11-13-42(14-12-19)32(48)51-34(6,7)8)23(49-18-25(45)50-33(3,4)5)16-22(21)44(10-2)24(43)17-38-31(47)26-28(36)41-29(37)27(35)40-26;/h15-16,19H,9-14,17-18H2,1-8H3,(H5-,36,37,38,39,41,46,47);1H. The highest BCUT2D eigenvalue weighted by molar-refractivity contribution is 6.31. The van der Waals surface area contributed by atoms with Gasteiger partial charge in [-0.1, -0.05) is 11.6 Å². The minimum Gasteiger partial charge on any atom is -1.00 e. The Bertz CT molecular complexity index is 1810. The molecule has 0 saturated carbocycles. The van der Waals surface area contributed by atoms with Crippen molar-refractivity contribution < 1.29 is 61.9 Å². The van der Waals surface area contributed by atoms with E-state index in [-0.39, 0.29) is 76.5 Å². The molecule has 0 radical (unpaired) electrons. The number of rotatable bonds is 10. The number of hydrogen-bond acceptors (Lipinski definition) is 11. The molecule has 0 bridgehead atoms. The maximum atomic E-state index is 13.9. The van der Waals surface area contributed by atoms with E-state index in [2.05, 4.69) is 20.6 Å². The molecular formula is C34H49ClIN9O7. The van der Waals surface area contributed by atoms with Crippen LogP contribution >= 0.6 is 11.6 Å². The number of halogens is 2. The van der Waals surface area contributed by atoms with Gasteiger partial charge < -0.3 is 65.2 Å². The Labute approximate surface area is 325 Å². The van der Waals surface area contributed by atoms with Crippen molar-refractivity contribution in [1.82, 2.24) is 30.1 Å². The van der Waals surface area contributed by atoms with E-state index in [1.807, 2.05) is 43.8 Å². The summed E-state index contributed by atoms with van der Waals surface area (Å²) < 4.78 is 20.9. The highest BCUT2D eigenvalue weighted by Gasteiger charge is 2.31. The van der Waals surface area contributed by atoms with E-state index in [1.165, 1.54) is 0 Å². The molecule has 3 heterocycles. The number of ether oxygens (including phenoxy) is 3. The minimum absolute atomic E-state index is 0. The molecule has 0 spiro atoms. The average molecular weight is 858 g/mol. The summed E-state index contributed by atoms with van der Waals surface area (Å²) in [7, 11) is 0. The SMILES string of the molecule is CCn1c(CNC(=O)c2nc(Cl)c(N)nc2N)[n+](CC)c2cc(OCC(=O)OC(C)(C)C)c(C(=O)NC3CCN(C(=O)OC(C)(C)C)CC3)cc21.[I-]. The molecule has 3 aromatic rings. The van der Waals surface area contributed by atoms with Crippen LogP contribution in [0.4, 0.5) is 16.4 Å². The van der Waals surface area contributed by atoms with Gasteiger partial charge in [0, 0.05) is 31.3 Å². The molecule has 1 fully saturated rings. The number of nitrogen functional groups attached to an aromatic ring is 2. The molecule has 52 heavy (non-hydrogen) atoms. The zero-order valence-corrected chi connectivity index (χ0v) is 33.8. The number of amides is 3. The molecule has 2 aromatic heterocycles. The third kappa shape index (κ3) is 10.5. The first-order chi connectivity index (χ1) is 23.8. The van der Waals surface area contributed by atoms with Gasteiger partial charge >= 0.3 is 12.1 Å². The lowest BCUT2D eigenvalue weighted by Gasteiger charge is -2.33. The lowest BCUT2D eigenvalue weighted by atomic mass is 10.0. The number of aryl methyl sites for hydroxylation is 2. The normalized spacial score (nSPS) is 13.7. The Morgan fingerprint density at radius 3 is 2.17 bits per heavy atom. The number of piperidine rings is 1. The van der Waals surface area contributed by atoms with Crippen LogP contribution in [0.1, 0.15) is 94.9 Å². The maximum Gasteiger partial charge on any atom is 0.410 e. The molecule has 0 unspecified atom stereocenters. The number of likely N-dealkylation sites (tertiary alicyclic amines) is 1. The predicted molar refractivity (Wildman–Crippen MR) is 190 cm³/mol. The second-order valence-corrected chi connectivity index (χ2v) is 14.5.